The molecule has 4 aliphatic carbocycles. The topological polar surface area (TPSA) is 17.1 Å². The van der Waals surface area contributed by atoms with Gasteiger partial charge in [-0.25, -0.2) is 0 Å². The van der Waals surface area contributed by atoms with Gasteiger partial charge in [-0.1, -0.05) is 31.4 Å². The van der Waals surface area contributed by atoms with E-state index in [2.05, 4.69) is 13.8 Å². The van der Waals surface area contributed by atoms with Crippen LogP contribution >= 0.6 is 0 Å². The smallest absolute Gasteiger partial charge is 0.133 e. The summed E-state index contributed by atoms with van der Waals surface area (Å²) in [6.45, 7) is 5.05. The van der Waals surface area contributed by atoms with E-state index < -0.39 is 0 Å². The van der Waals surface area contributed by atoms with Gasteiger partial charge in [-0.05, 0) is 67.6 Å². The zero-order valence-electron chi connectivity index (χ0n) is 13.1. The van der Waals surface area contributed by atoms with Crippen molar-refractivity contribution in [2.24, 2.45) is 22.7 Å². The van der Waals surface area contributed by atoms with Gasteiger partial charge in [0.15, 0.2) is 0 Å². The van der Waals surface area contributed by atoms with E-state index in [0.717, 1.165) is 25.2 Å². The van der Waals surface area contributed by atoms with Crippen molar-refractivity contribution in [3.05, 3.63) is 11.1 Å². The molecule has 0 aliphatic heterocycles. The largest absolute Gasteiger partial charge is 0.300 e. The highest BCUT2D eigenvalue weighted by molar-refractivity contribution is 5.80. The number of hydrogen-bond acceptors (Lipinski definition) is 1. The van der Waals surface area contributed by atoms with Crippen LogP contribution in [-0.4, -0.2) is 5.78 Å². The summed E-state index contributed by atoms with van der Waals surface area (Å²) >= 11 is 0. The molecule has 4 rings (SSSR count). The fourth-order valence-corrected chi connectivity index (χ4v) is 6.24. The lowest BCUT2D eigenvalue weighted by Gasteiger charge is -2.53. The number of rotatable bonds is 0. The SMILES string of the molecule is C[C@@]12CCC[C@@H]1C1=C(CC2)[C@@]2(C)CCC(=O)C[C@@H]2CC1. The predicted molar refractivity (Wildman–Crippen MR) is 81.4 cm³/mol. The molecule has 0 unspecified atom stereocenters. The van der Waals surface area contributed by atoms with Gasteiger partial charge in [0.2, 0.25) is 0 Å². The lowest BCUT2D eigenvalue weighted by Crippen LogP contribution is -2.43. The zero-order valence-corrected chi connectivity index (χ0v) is 13.1. The van der Waals surface area contributed by atoms with Gasteiger partial charge in [-0.2, -0.15) is 0 Å². The highest BCUT2D eigenvalue weighted by atomic mass is 16.1. The molecule has 0 radical (unpaired) electrons. The summed E-state index contributed by atoms with van der Waals surface area (Å²) in [5.74, 6) is 2.08. The first-order chi connectivity index (χ1) is 9.53. The molecule has 0 aromatic carbocycles. The molecule has 2 fully saturated rings. The maximum absolute atomic E-state index is 11.8. The van der Waals surface area contributed by atoms with Crippen LogP contribution in [0.15, 0.2) is 11.1 Å². The molecule has 110 valence electrons. The second-order valence-corrected chi connectivity index (χ2v) is 8.50. The van der Waals surface area contributed by atoms with E-state index in [-0.39, 0.29) is 0 Å². The molecule has 0 aromatic heterocycles. The van der Waals surface area contributed by atoms with Crippen molar-refractivity contribution in [1.82, 2.24) is 0 Å². The first-order valence-corrected chi connectivity index (χ1v) is 8.77. The molecule has 0 bridgehead atoms. The third-order valence-corrected chi connectivity index (χ3v) is 7.59. The molecule has 1 heteroatoms. The van der Waals surface area contributed by atoms with Crippen LogP contribution in [0.3, 0.4) is 0 Å². The summed E-state index contributed by atoms with van der Waals surface area (Å²) in [5.41, 5.74) is 4.69. The predicted octanol–water partition coefficient (Wildman–Crippen LogP) is 5.05. The molecule has 20 heavy (non-hydrogen) atoms. The van der Waals surface area contributed by atoms with Gasteiger partial charge in [0.25, 0.3) is 0 Å². The average molecular weight is 272 g/mol. The fraction of sp³-hybridized carbons (Fsp3) is 0.842. The van der Waals surface area contributed by atoms with Crippen molar-refractivity contribution in [3.63, 3.8) is 0 Å². The Morgan fingerprint density at radius 3 is 2.70 bits per heavy atom. The molecule has 0 amide bonds. The van der Waals surface area contributed by atoms with Crippen LogP contribution in [0.2, 0.25) is 0 Å². The quantitative estimate of drug-likeness (QED) is 0.564. The van der Waals surface area contributed by atoms with E-state index in [1.165, 1.54) is 44.9 Å². The average Bonchev–Trinajstić information content (AvgIpc) is 2.81. The van der Waals surface area contributed by atoms with Gasteiger partial charge in [-0.15, -0.1) is 0 Å². The minimum atomic E-state index is 0.380. The normalized spacial score (nSPS) is 47.8. The molecule has 0 saturated heterocycles. The Labute approximate surface area is 123 Å². The van der Waals surface area contributed by atoms with E-state index >= 15 is 0 Å². The third-order valence-electron chi connectivity index (χ3n) is 7.59. The van der Waals surface area contributed by atoms with Gasteiger partial charge < -0.3 is 0 Å². The molecular formula is C19H28O. The molecule has 2 saturated carbocycles. The summed E-state index contributed by atoms with van der Waals surface area (Å²) in [6, 6.07) is 0. The van der Waals surface area contributed by atoms with E-state index in [1.54, 1.807) is 0 Å². The summed E-state index contributed by atoms with van der Waals surface area (Å²) in [7, 11) is 0. The Morgan fingerprint density at radius 1 is 1.00 bits per heavy atom. The second-order valence-electron chi connectivity index (χ2n) is 8.50. The summed E-state index contributed by atoms with van der Waals surface area (Å²) in [5, 5.41) is 0. The van der Waals surface area contributed by atoms with Gasteiger partial charge >= 0.3 is 0 Å². The number of Topliss-reactive ketones (excluding diaryl/α,β-unsaturated/α-hetero) is 1. The van der Waals surface area contributed by atoms with Crippen LogP contribution in [-0.2, 0) is 4.79 Å². The first-order valence-electron chi connectivity index (χ1n) is 8.77. The van der Waals surface area contributed by atoms with Crippen molar-refractivity contribution in [2.45, 2.75) is 78.1 Å². The van der Waals surface area contributed by atoms with Crippen molar-refractivity contribution in [2.75, 3.05) is 0 Å². The summed E-state index contributed by atoms with van der Waals surface area (Å²) in [6.07, 6.45) is 12.5. The molecule has 1 nitrogen and oxygen atoms in total. The lowest BCUT2D eigenvalue weighted by atomic mass is 9.52. The van der Waals surface area contributed by atoms with Gasteiger partial charge in [0, 0.05) is 12.8 Å². The number of allylic oxidation sites excluding steroid dienone is 2. The Morgan fingerprint density at radius 2 is 1.85 bits per heavy atom. The standard InChI is InChI=1S/C19H28O/c1-18-9-3-4-16(18)15-6-5-13-12-14(20)7-11-19(13,2)17(15)8-10-18/h13,16H,3-12H2,1-2H3/t13-,16+,18-,19-/m0/s1. The Bertz CT molecular complexity index is 488. The molecule has 0 N–H and O–H groups in total. The second kappa shape index (κ2) is 4.21. The monoisotopic (exact) mass is 272 g/mol. The number of ketones is 1. The van der Waals surface area contributed by atoms with Gasteiger partial charge in [0.05, 0.1) is 0 Å². The molecule has 0 spiro atoms. The molecule has 0 aromatic rings. The number of carbonyl (C=O) groups is 1. The van der Waals surface area contributed by atoms with Crippen molar-refractivity contribution >= 4 is 5.78 Å². The number of carbonyl (C=O) groups excluding carboxylic acids is 1. The molecule has 4 atom stereocenters. The van der Waals surface area contributed by atoms with E-state index in [1.807, 2.05) is 11.1 Å². The van der Waals surface area contributed by atoms with E-state index in [4.69, 9.17) is 0 Å². The van der Waals surface area contributed by atoms with Crippen molar-refractivity contribution < 1.29 is 4.79 Å². The first kappa shape index (κ1) is 13.1. The van der Waals surface area contributed by atoms with E-state index in [0.29, 0.717) is 22.5 Å². The Kier molecular flexibility index (Phi) is 2.76. The lowest BCUT2D eigenvalue weighted by molar-refractivity contribution is -0.124. The maximum Gasteiger partial charge on any atom is 0.133 e. The van der Waals surface area contributed by atoms with Crippen LogP contribution in [0.5, 0.6) is 0 Å². The van der Waals surface area contributed by atoms with Crippen LogP contribution in [0.4, 0.5) is 0 Å². The minimum absolute atomic E-state index is 0.380. The summed E-state index contributed by atoms with van der Waals surface area (Å²) in [4.78, 5) is 11.8. The maximum atomic E-state index is 11.8. The van der Waals surface area contributed by atoms with Crippen LogP contribution in [0.1, 0.15) is 78.1 Å². The van der Waals surface area contributed by atoms with Crippen LogP contribution in [0, 0.1) is 22.7 Å². The van der Waals surface area contributed by atoms with Gasteiger partial charge in [0.1, 0.15) is 5.78 Å². The minimum Gasteiger partial charge on any atom is -0.300 e. The number of fused-ring (bicyclic) bond motifs is 4. The van der Waals surface area contributed by atoms with E-state index in [9.17, 15) is 4.79 Å². The Hall–Kier alpha value is -0.590. The number of hydrogen-bond donors (Lipinski definition) is 0. The summed E-state index contributed by atoms with van der Waals surface area (Å²) < 4.78 is 0. The van der Waals surface area contributed by atoms with Crippen LogP contribution < -0.4 is 0 Å². The molecular weight excluding hydrogens is 244 g/mol. The highest BCUT2D eigenvalue weighted by Gasteiger charge is 2.51. The fourth-order valence-electron chi connectivity index (χ4n) is 6.24. The Balaban J connectivity index is 1.75. The van der Waals surface area contributed by atoms with Crippen molar-refractivity contribution in [3.8, 4) is 0 Å². The molecule has 4 aliphatic rings. The van der Waals surface area contributed by atoms with Gasteiger partial charge in [-0.3, -0.25) is 4.79 Å². The zero-order chi connectivity index (χ0) is 14.0. The highest BCUT2D eigenvalue weighted by Crippen LogP contribution is 2.63. The van der Waals surface area contributed by atoms with Crippen molar-refractivity contribution in [1.29, 1.82) is 0 Å². The van der Waals surface area contributed by atoms with Crippen LogP contribution in [0.25, 0.3) is 0 Å². The third kappa shape index (κ3) is 1.64. The molecule has 0 heterocycles.